The third-order valence-corrected chi connectivity index (χ3v) is 3.21. The molecule has 106 valence electrons. The molecule has 1 rings (SSSR count). The Bertz CT molecular complexity index is 400. The highest BCUT2D eigenvalue weighted by atomic mass is 16.4. The van der Waals surface area contributed by atoms with Gasteiger partial charge in [0, 0.05) is 12.6 Å². The Morgan fingerprint density at radius 3 is 2.26 bits per heavy atom. The summed E-state index contributed by atoms with van der Waals surface area (Å²) in [6.45, 7) is 5.12. The summed E-state index contributed by atoms with van der Waals surface area (Å²) in [4.78, 5) is 12.9. The van der Waals surface area contributed by atoms with Gasteiger partial charge < -0.3 is 10.2 Å². The van der Waals surface area contributed by atoms with E-state index in [4.69, 9.17) is 5.11 Å². The Balaban J connectivity index is 2.64. The van der Waals surface area contributed by atoms with Crippen LogP contribution in [0.1, 0.15) is 36.2 Å². The molecular formula is C15H23NO3. The van der Waals surface area contributed by atoms with E-state index in [9.17, 15) is 9.90 Å². The Kier molecular flexibility index (Phi) is 5.99. The predicted molar refractivity (Wildman–Crippen MR) is 75.2 cm³/mol. The van der Waals surface area contributed by atoms with Gasteiger partial charge in [0.25, 0.3) is 0 Å². The maximum atomic E-state index is 10.8. The predicted octanol–water partition coefficient (Wildman–Crippen LogP) is 2.22. The fourth-order valence-electron chi connectivity index (χ4n) is 2.11. The van der Waals surface area contributed by atoms with Crippen LogP contribution in [0, 0.1) is 5.92 Å². The third kappa shape index (κ3) is 5.01. The standard InChI is InChI=1S/C15H23NO3/c1-11(2)8-14(10-17)16(3)9-12-4-6-13(7-5-12)15(18)19/h4-7,11,14,17H,8-10H2,1-3H3,(H,18,19). The fraction of sp³-hybridized carbons (Fsp3) is 0.533. The lowest BCUT2D eigenvalue weighted by atomic mass is 10.0. The molecule has 1 unspecified atom stereocenters. The molecule has 0 heterocycles. The Labute approximate surface area is 114 Å². The molecule has 0 aliphatic carbocycles. The first-order chi connectivity index (χ1) is 8.93. The van der Waals surface area contributed by atoms with Crippen molar-refractivity contribution in [2.45, 2.75) is 32.9 Å². The highest BCUT2D eigenvalue weighted by Crippen LogP contribution is 2.13. The molecule has 1 aromatic carbocycles. The summed E-state index contributed by atoms with van der Waals surface area (Å²) in [6.07, 6.45) is 0.945. The van der Waals surface area contributed by atoms with Gasteiger partial charge in [-0.1, -0.05) is 26.0 Å². The highest BCUT2D eigenvalue weighted by Gasteiger charge is 2.15. The normalized spacial score (nSPS) is 12.9. The molecule has 1 atom stereocenters. The van der Waals surface area contributed by atoms with Crippen molar-refractivity contribution in [2.75, 3.05) is 13.7 Å². The van der Waals surface area contributed by atoms with E-state index in [1.807, 2.05) is 19.2 Å². The molecule has 19 heavy (non-hydrogen) atoms. The monoisotopic (exact) mass is 265 g/mol. The number of hydrogen-bond donors (Lipinski definition) is 2. The number of nitrogens with zero attached hydrogens (tertiary/aromatic N) is 1. The number of carboxylic acids is 1. The van der Waals surface area contributed by atoms with E-state index >= 15 is 0 Å². The molecule has 0 spiro atoms. The number of carbonyl (C=O) groups is 1. The average Bonchev–Trinajstić information content (AvgIpc) is 2.36. The first-order valence-electron chi connectivity index (χ1n) is 6.57. The Morgan fingerprint density at radius 2 is 1.84 bits per heavy atom. The molecule has 0 saturated carbocycles. The van der Waals surface area contributed by atoms with Crippen molar-refractivity contribution in [3.05, 3.63) is 35.4 Å². The highest BCUT2D eigenvalue weighted by molar-refractivity contribution is 5.87. The molecule has 4 heteroatoms. The summed E-state index contributed by atoms with van der Waals surface area (Å²) in [7, 11) is 1.98. The number of aliphatic hydroxyl groups is 1. The minimum Gasteiger partial charge on any atom is -0.478 e. The number of hydrogen-bond acceptors (Lipinski definition) is 3. The smallest absolute Gasteiger partial charge is 0.335 e. The van der Waals surface area contributed by atoms with Crippen LogP contribution in [0.25, 0.3) is 0 Å². The molecule has 0 bridgehead atoms. The molecule has 0 aliphatic heterocycles. The van der Waals surface area contributed by atoms with Gasteiger partial charge in [0.15, 0.2) is 0 Å². The number of benzene rings is 1. The third-order valence-electron chi connectivity index (χ3n) is 3.21. The minimum atomic E-state index is -0.909. The van der Waals surface area contributed by atoms with Crippen molar-refractivity contribution in [3.63, 3.8) is 0 Å². The summed E-state index contributed by atoms with van der Waals surface area (Å²) in [5, 5.41) is 18.3. The molecule has 0 saturated heterocycles. The second-order valence-electron chi connectivity index (χ2n) is 5.38. The Morgan fingerprint density at radius 1 is 1.26 bits per heavy atom. The molecule has 0 fully saturated rings. The van der Waals surface area contributed by atoms with E-state index in [0.29, 0.717) is 18.0 Å². The average molecular weight is 265 g/mol. The van der Waals surface area contributed by atoms with Gasteiger partial charge in [-0.25, -0.2) is 4.79 Å². The summed E-state index contributed by atoms with van der Waals surface area (Å²) < 4.78 is 0. The number of likely N-dealkylation sites (N-methyl/N-ethyl adjacent to an activating group) is 1. The van der Waals surface area contributed by atoms with Gasteiger partial charge in [-0.2, -0.15) is 0 Å². The number of rotatable bonds is 7. The lowest BCUT2D eigenvalue weighted by molar-refractivity contribution is 0.0697. The van der Waals surface area contributed by atoms with Gasteiger partial charge in [0.2, 0.25) is 0 Å². The van der Waals surface area contributed by atoms with Crippen LogP contribution < -0.4 is 0 Å². The molecule has 0 aromatic heterocycles. The van der Waals surface area contributed by atoms with Crippen LogP contribution in [0.15, 0.2) is 24.3 Å². The van der Waals surface area contributed by atoms with Crippen LogP contribution in [0.5, 0.6) is 0 Å². The van der Waals surface area contributed by atoms with Crippen molar-refractivity contribution in [2.24, 2.45) is 5.92 Å². The van der Waals surface area contributed by atoms with E-state index in [-0.39, 0.29) is 12.6 Å². The molecule has 0 radical (unpaired) electrons. The maximum absolute atomic E-state index is 10.8. The number of aromatic carboxylic acids is 1. The Hall–Kier alpha value is -1.39. The van der Waals surface area contributed by atoms with Crippen molar-refractivity contribution in [1.82, 2.24) is 4.90 Å². The lowest BCUT2D eigenvalue weighted by Crippen LogP contribution is -2.35. The van der Waals surface area contributed by atoms with Crippen molar-refractivity contribution in [1.29, 1.82) is 0 Å². The van der Waals surface area contributed by atoms with Crippen LogP contribution in [0.2, 0.25) is 0 Å². The quantitative estimate of drug-likeness (QED) is 0.793. The molecule has 0 amide bonds. The lowest BCUT2D eigenvalue weighted by Gasteiger charge is -2.27. The summed E-state index contributed by atoms with van der Waals surface area (Å²) >= 11 is 0. The first kappa shape index (κ1) is 15.7. The van der Waals surface area contributed by atoms with E-state index in [0.717, 1.165) is 12.0 Å². The molecule has 1 aromatic rings. The summed E-state index contributed by atoms with van der Waals surface area (Å²) in [5.74, 6) is -0.373. The fourth-order valence-corrected chi connectivity index (χ4v) is 2.11. The van der Waals surface area contributed by atoms with Crippen molar-refractivity contribution < 1.29 is 15.0 Å². The van der Waals surface area contributed by atoms with Gasteiger partial charge in [-0.3, -0.25) is 4.90 Å². The van der Waals surface area contributed by atoms with Gasteiger partial charge >= 0.3 is 5.97 Å². The van der Waals surface area contributed by atoms with Crippen LogP contribution in [-0.4, -0.2) is 40.8 Å². The zero-order valence-electron chi connectivity index (χ0n) is 11.8. The largest absolute Gasteiger partial charge is 0.478 e. The van der Waals surface area contributed by atoms with E-state index < -0.39 is 5.97 Å². The van der Waals surface area contributed by atoms with Crippen molar-refractivity contribution >= 4 is 5.97 Å². The van der Waals surface area contributed by atoms with Gasteiger partial charge in [0.05, 0.1) is 12.2 Å². The zero-order valence-corrected chi connectivity index (χ0v) is 11.8. The second kappa shape index (κ2) is 7.26. The van der Waals surface area contributed by atoms with E-state index in [1.165, 1.54) is 0 Å². The van der Waals surface area contributed by atoms with Crippen LogP contribution in [-0.2, 0) is 6.54 Å². The minimum absolute atomic E-state index is 0.138. The summed E-state index contributed by atoms with van der Waals surface area (Å²) in [6, 6.07) is 7.01. The second-order valence-corrected chi connectivity index (χ2v) is 5.38. The van der Waals surface area contributed by atoms with Crippen LogP contribution in [0.4, 0.5) is 0 Å². The number of aliphatic hydroxyl groups excluding tert-OH is 1. The van der Waals surface area contributed by atoms with Gasteiger partial charge in [-0.05, 0) is 37.1 Å². The SMILES string of the molecule is CC(C)CC(CO)N(C)Cc1ccc(C(=O)O)cc1. The van der Waals surface area contributed by atoms with Crippen LogP contribution in [0.3, 0.4) is 0 Å². The topological polar surface area (TPSA) is 60.8 Å². The number of carboxylic acid groups (broad SMARTS) is 1. The van der Waals surface area contributed by atoms with E-state index in [2.05, 4.69) is 18.7 Å². The van der Waals surface area contributed by atoms with Gasteiger partial charge in [-0.15, -0.1) is 0 Å². The molecule has 4 nitrogen and oxygen atoms in total. The van der Waals surface area contributed by atoms with Gasteiger partial charge in [0.1, 0.15) is 0 Å². The zero-order chi connectivity index (χ0) is 14.4. The molecule has 2 N–H and O–H groups in total. The summed E-state index contributed by atoms with van der Waals surface area (Å²) in [5.41, 5.74) is 1.35. The molecular weight excluding hydrogens is 242 g/mol. The van der Waals surface area contributed by atoms with Crippen molar-refractivity contribution in [3.8, 4) is 0 Å². The van der Waals surface area contributed by atoms with E-state index in [1.54, 1.807) is 12.1 Å². The van der Waals surface area contributed by atoms with Crippen LogP contribution >= 0.6 is 0 Å². The molecule has 0 aliphatic rings. The first-order valence-corrected chi connectivity index (χ1v) is 6.57. The maximum Gasteiger partial charge on any atom is 0.335 e.